The van der Waals surface area contributed by atoms with Gasteiger partial charge in [-0.3, -0.25) is 14.9 Å². The molecule has 0 aliphatic carbocycles. The van der Waals surface area contributed by atoms with E-state index in [2.05, 4.69) is 4.98 Å². The highest BCUT2D eigenvalue weighted by atomic mass is 16.6. The highest BCUT2D eigenvalue weighted by Gasteiger charge is 2.17. The molecule has 2 aromatic carbocycles. The molecule has 0 radical (unpaired) electrons. The molecular weight excluding hydrogens is 312 g/mol. The van der Waals surface area contributed by atoms with Crippen molar-refractivity contribution in [2.45, 2.75) is 6.42 Å². The zero-order chi connectivity index (χ0) is 17.1. The van der Waals surface area contributed by atoms with Crippen LogP contribution in [0.4, 0.5) is 5.69 Å². The third kappa shape index (κ3) is 3.14. The van der Waals surface area contributed by atoms with Crippen LogP contribution < -0.4 is 0 Å². The van der Waals surface area contributed by atoms with Crippen molar-refractivity contribution < 1.29 is 19.2 Å². The molecular formula is C17H12N2O5. The number of carbonyl (C=O) groups is 1. The van der Waals surface area contributed by atoms with Crippen LogP contribution in [0.3, 0.4) is 0 Å². The summed E-state index contributed by atoms with van der Waals surface area (Å²) < 4.78 is 5.59. The number of aliphatic carboxylic acids is 1. The van der Waals surface area contributed by atoms with Gasteiger partial charge < -0.3 is 9.52 Å². The zero-order valence-electron chi connectivity index (χ0n) is 12.4. The lowest BCUT2D eigenvalue weighted by Gasteiger charge is -2.02. The molecule has 7 heteroatoms. The summed E-state index contributed by atoms with van der Waals surface area (Å²) in [5.41, 5.74) is 1.54. The SMILES string of the molecule is O=C(O)C/C(=C\c1ccccc1[N+](=O)[O-])c1nc2ccccc2o1. The van der Waals surface area contributed by atoms with Crippen LogP contribution in [0.25, 0.3) is 22.7 Å². The predicted molar refractivity (Wildman–Crippen MR) is 87.2 cm³/mol. The summed E-state index contributed by atoms with van der Waals surface area (Å²) >= 11 is 0. The lowest BCUT2D eigenvalue weighted by atomic mass is 10.1. The fourth-order valence-corrected chi connectivity index (χ4v) is 2.32. The molecule has 0 atom stereocenters. The van der Waals surface area contributed by atoms with E-state index >= 15 is 0 Å². The summed E-state index contributed by atoms with van der Waals surface area (Å²) in [6.45, 7) is 0. The summed E-state index contributed by atoms with van der Waals surface area (Å²) in [4.78, 5) is 26.0. The van der Waals surface area contributed by atoms with Gasteiger partial charge in [-0.1, -0.05) is 24.3 Å². The minimum absolute atomic E-state index is 0.114. The standard InChI is InChI=1S/C17H12N2O5/c20-16(21)10-12(9-11-5-1-3-7-14(11)19(22)23)17-18-13-6-2-4-8-15(13)24-17/h1-9H,10H2,(H,20,21)/b12-9+. The molecule has 0 unspecified atom stereocenters. The Balaban J connectivity index is 2.13. The van der Waals surface area contributed by atoms with E-state index in [0.29, 0.717) is 16.7 Å². The monoisotopic (exact) mass is 324 g/mol. The van der Waals surface area contributed by atoms with Gasteiger partial charge in [0.2, 0.25) is 5.89 Å². The zero-order valence-corrected chi connectivity index (χ0v) is 12.4. The summed E-state index contributed by atoms with van der Waals surface area (Å²) in [6.07, 6.45) is 1.07. The third-order valence-electron chi connectivity index (χ3n) is 3.37. The summed E-state index contributed by atoms with van der Waals surface area (Å²) in [7, 11) is 0. The third-order valence-corrected chi connectivity index (χ3v) is 3.37. The number of benzene rings is 2. The average Bonchev–Trinajstić information content (AvgIpc) is 2.98. The van der Waals surface area contributed by atoms with E-state index in [9.17, 15) is 14.9 Å². The smallest absolute Gasteiger partial charge is 0.308 e. The molecule has 3 rings (SSSR count). The number of carboxylic acids is 1. The number of nitro groups is 1. The van der Waals surface area contributed by atoms with Crippen molar-refractivity contribution in [3.63, 3.8) is 0 Å². The van der Waals surface area contributed by atoms with Crippen LogP contribution in [0.2, 0.25) is 0 Å². The summed E-state index contributed by atoms with van der Waals surface area (Å²) in [5, 5.41) is 20.3. The fourth-order valence-electron chi connectivity index (χ4n) is 2.32. The van der Waals surface area contributed by atoms with Crippen molar-refractivity contribution in [2.75, 3.05) is 0 Å². The maximum absolute atomic E-state index is 11.2. The van der Waals surface area contributed by atoms with E-state index in [1.165, 1.54) is 12.1 Å². The number of nitrogens with zero attached hydrogens (tertiary/aromatic N) is 2. The highest BCUT2D eigenvalue weighted by molar-refractivity contribution is 5.92. The number of carboxylic acid groups (broad SMARTS) is 1. The van der Waals surface area contributed by atoms with Crippen LogP contribution in [0, 0.1) is 10.1 Å². The number of hydrogen-bond acceptors (Lipinski definition) is 5. The Labute approximate surface area is 136 Å². The van der Waals surface area contributed by atoms with Gasteiger partial charge >= 0.3 is 5.97 Å². The molecule has 1 heterocycles. The maximum Gasteiger partial charge on any atom is 0.308 e. The molecule has 7 nitrogen and oxygen atoms in total. The number of aromatic nitrogens is 1. The van der Waals surface area contributed by atoms with Gasteiger partial charge in [0, 0.05) is 11.6 Å². The minimum Gasteiger partial charge on any atom is -0.481 e. The maximum atomic E-state index is 11.2. The van der Waals surface area contributed by atoms with Crippen molar-refractivity contribution in [1.29, 1.82) is 0 Å². The number of rotatable bonds is 5. The van der Waals surface area contributed by atoms with E-state index in [4.69, 9.17) is 9.52 Å². The Morgan fingerprint density at radius 2 is 1.92 bits per heavy atom. The van der Waals surface area contributed by atoms with Gasteiger partial charge in [0.15, 0.2) is 5.58 Å². The molecule has 24 heavy (non-hydrogen) atoms. The van der Waals surface area contributed by atoms with E-state index in [1.807, 2.05) is 0 Å². The first-order valence-corrected chi connectivity index (χ1v) is 7.06. The molecule has 1 N–H and O–H groups in total. The van der Waals surface area contributed by atoms with Gasteiger partial charge in [-0.05, 0) is 24.3 Å². The van der Waals surface area contributed by atoms with Crippen molar-refractivity contribution >= 4 is 34.4 Å². The Hall–Kier alpha value is -3.48. The van der Waals surface area contributed by atoms with Gasteiger partial charge in [-0.2, -0.15) is 0 Å². The minimum atomic E-state index is -1.08. The first-order chi connectivity index (χ1) is 11.5. The molecule has 0 spiro atoms. The van der Waals surface area contributed by atoms with Crippen molar-refractivity contribution in [1.82, 2.24) is 4.98 Å². The lowest BCUT2D eigenvalue weighted by Crippen LogP contribution is -1.98. The van der Waals surface area contributed by atoms with Crippen LogP contribution in [-0.4, -0.2) is 21.0 Å². The molecule has 0 aliphatic rings. The molecule has 0 saturated carbocycles. The number of hydrogen-bond donors (Lipinski definition) is 1. The molecule has 0 aliphatic heterocycles. The predicted octanol–water partition coefficient (Wildman–Crippen LogP) is 3.75. The van der Waals surface area contributed by atoms with Gasteiger partial charge in [0.25, 0.3) is 5.69 Å². The molecule has 0 saturated heterocycles. The van der Waals surface area contributed by atoms with E-state index in [-0.39, 0.29) is 23.6 Å². The Kier molecular flexibility index (Phi) is 4.07. The second-order valence-electron chi connectivity index (χ2n) is 5.04. The van der Waals surface area contributed by atoms with Crippen molar-refractivity contribution in [2.24, 2.45) is 0 Å². The Morgan fingerprint density at radius 1 is 1.21 bits per heavy atom. The van der Waals surface area contributed by atoms with Gasteiger partial charge in [-0.15, -0.1) is 0 Å². The molecule has 3 aromatic rings. The van der Waals surface area contributed by atoms with E-state index in [0.717, 1.165) is 0 Å². The molecule has 0 bridgehead atoms. The highest BCUT2D eigenvalue weighted by Crippen LogP contribution is 2.28. The van der Waals surface area contributed by atoms with Crippen molar-refractivity contribution in [3.8, 4) is 0 Å². The number of para-hydroxylation sites is 3. The van der Waals surface area contributed by atoms with Crippen LogP contribution in [0.5, 0.6) is 0 Å². The topological polar surface area (TPSA) is 106 Å². The van der Waals surface area contributed by atoms with Crippen LogP contribution >= 0.6 is 0 Å². The number of oxazole rings is 1. The first kappa shape index (κ1) is 15.4. The quantitative estimate of drug-likeness (QED) is 0.566. The number of fused-ring (bicyclic) bond motifs is 1. The molecule has 0 amide bonds. The van der Waals surface area contributed by atoms with Gasteiger partial charge in [0.05, 0.1) is 16.9 Å². The van der Waals surface area contributed by atoms with E-state index in [1.54, 1.807) is 42.5 Å². The largest absolute Gasteiger partial charge is 0.481 e. The Morgan fingerprint density at radius 3 is 2.62 bits per heavy atom. The fraction of sp³-hybridized carbons (Fsp3) is 0.0588. The first-order valence-electron chi connectivity index (χ1n) is 7.06. The van der Waals surface area contributed by atoms with Gasteiger partial charge in [0.1, 0.15) is 5.52 Å². The second-order valence-corrected chi connectivity index (χ2v) is 5.04. The molecule has 1 aromatic heterocycles. The lowest BCUT2D eigenvalue weighted by molar-refractivity contribution is -0.385. The Bertz CT molecular complexity index is 925. The second kappa shape index (κ2) is 6.33. The van der Waals surface area contributed by atoms with Gasteiger partial charge in [-0.25, -0.2) is 4.98 Å². The van der Waals surface area contributed by atoms with Crippen LogP contribution in [-0.2, 0) is 4.79 Å². The molecule has 0 fully saturated rings. The normalized spacial score (nSPS) is 11.6. The van der Waals surface area contributed by atoms with E-state index < -0.39 is 10.9 Å². The summed E-state index contributed by atoms with van der Waals surface area (Å²) in [5.74, 6) is -0.946. The summed E-state index contributed by atoms with van der Waals surface area (Å²) in [6, 6.07) is 13.1. The van der Waals surface area contributed by atoms with Crippen molar-refractivity contribution in [3.05, 3.63) is 70.1 Å². The van der Waals surface area contributed by atoms with Crippen LogP contribution in [0.1, 0.15) is 17.9 Å². The average molecular weight is 324 g/mol. The van der Waals surface area contributed by atoms with Crippen LogP contribution in [0.15, 0.2) is 52.9 Å². The molecule has 120 valence electrons. The number of nitro benzene ring substituents is 1.